The first-order chi connectivity index (χ1) is 11.6. The molecule has 2 aromatic rings. The van der Waals surface area contributed by atoms with Crippen molar-refractivity contribution in [2.24, 2.45) is 0 Å². The summed E-state index contributed by atoms with van der Waals surface area (Å²) in [5.74, 6) is 0. The maximum Gasteiger partial charge on any atom is 0.173 e. The first-order valence-electron chi connectivity index (χ1n) is 8.62. The van der Waals surface area contributed by atoms with Crippen molar-refractivity contribution in [1.82, 2.24) is 4.90 Å². The molecule has 0 amide bonds. The number of thiocarbonyl (C=S) groups is 1. The molecule has 0 bridgehead atoms. The van der Waals surface area contributed by atoms with Crippen molar-refractivity contribution in [2.45, 2.75) is 20.4 Å². The molecular weight excluding hydrogens is 314 g/mol. The lowest BCUT2D eigenvalue weighted by atomic mass is 10.1. The van der Waals surface area contributed by atoms with Crippen molar-refractivity contribution in [3.8, 4) is 0 Å². The third kappa shape index (κ3) is 4.56. The maximum absolute atomic E-state index is 5.58. The molecule has 1 aliphatic rings. The number of hydrogen-bond donors (Lipinski definition) is 2. The van der Waals surface area contributed by atoms with Gasteiger partial charge < -0.3 is 15.1 Å². The van der Waals surface area contributed by atoms with Gasteiger partial charge in [0.05, 0.1) is 26.2 Å². The van der Waals surface area contributed by atoms with E-state index in [-0.39, 0.29) is 0 Å². The van der Waals surface area contributed by atoms with Crippen LogP contribution in [0.1, 0.15) is 16.7 Å². The average Bonchev–Trinajstić information content (AvgIpc) is 2.57. The van der Waals surface area contributed by atoms with Crippen LogP contribution in [0.15, 0.2) is 48.5 Å². The molecule has 3 nitrogen and oxygen atoms in total. The van der Waals surface area contributed by atoms with E-state index in [1.165, 1.54) is 16.7 Å². The molecular formula is C20H26N3S+. The minimum Gasteiger partial charge on any atom is -0.338 e. The molecule has 24 heavy (non-hydrogen) atoms. The lowest BCUT2D eigenvalue weighted by molar-refractivity contribution is -0.917. The zero-order valence-electron chi connectivity index (χ0n) is 14.5. The van der Waals surface area contributed by atoms with Crippen molar-refractivity contribution in [3.63, 3.8) is 0 Å². The molecule has 1 fully saturated rings. The highest BCUT2D eigenvalue weighted by Gasteiger charge is 2.21. The zero-order valence-corrected chi connectivity index (χ0v) is 15.3. The second-order valence-electron chi connectivity index (χ2n) is 6.70. The number of nitrogens with one attached hydrogen (secondary N) is 2. The summed E-state index contributed by atoms with van der Waals surface area (Å²) in [6.45, 7) is 9.64. The van der Waals surface area contributed by atoms with Crippen LogP contribution in [-0.4, -0.2) is 36.2 Å². The number of anilines is 1. The Balaban J connectivity index is 1.49. The van der Waals surface area contributed by atoms with E-state index in [1.54, 1.807) is 4.90 Å². The van der Waals surface area contributed by atoms with Gasteiger partial charge in [-0.05, 0) is 38.2 Å². The second kappa shape index (κ2) is 7.77. The lowest BCUT2D eigenvalue weighted by Gasteiger charge is -2.34. The summed E-state index contributed by atoms with van der Waals surface area (Å²) in [5, 5.41) is 4.20. The number of hydrogen-bond acceptors (Lipinski definition) is 1. The van der Waals surface area contributed by atoms with E-state index in [0.717, 1.165) is 43.5 Å². The summed E-state index contributed by atoms with van der Waals surface area (Å²) in [6.07, 6.45) is 0. The quantitative estimate of drug-likeness (QED) is 0.837. The van der Waals surface area contributed by atoms with Crippen LogP contribution in [0, 0.1) is 13.8 Å². The molecule has 0 saturated carbocycles. The van der Waals surface area contributed by atoms with Gasteiger partial charge in [0, 0.05) is 11.3 Å². The molecule has 2 N–H and O–H groups in total. The monoisotopic (exact) mass is 340 g/mol. The van der Waals surface area contributed by atoms with Crippen molar-refractivity contribution < 1.29 is 4.90 Å². The van der Waals surface area contributed by atoms with Gasteiger partial charge in [0.15, 0.2) is 5.11 Å². The minimum atomic E-state index is 0.841. The van der Waals surface area contributed by atoms with Gasteiger partial charge in [0.25, 0.3) is 0 Å². The van der Waals surface area contributed by atoms with Crippen LogP contribution in [0.2, 0.25) is 0 Å². The fourth-order valence-corrected chi connectivity index (χ4v) is 3.45. The van der Waals surface area contributed by atoms with E-state index in [4.69, 9.17) is 12.2 Å². The largest absolute Gasteiger partial charge is 0.338 e. The molecule has 0 radical (unpaired) electrons. The topological polar surface area (TPSA) is 19.7 Å². The fourth-order valence-electron chi connectivity index (χ4n) is 3.15. The summed E-state index contributed by atoms with van der Waals surface area (Å²) >= 11 is 5.58. The Labute approximate surface area is 150 Å². The Morgan fingerprint density at radius 2 is 1.75 bits per heavy atom. The van der Waals surface area contributed by atoms with E-state index in [9.17, 15) is 0 Å². The molecule has 0 aromatic heterocycles. The molecule has 4 heteroatoms. The van der Waals surface area contributed by atoms with Crippen molar-refractivity contribution >= 4 is 23.0 Å². The Bertz CT molecular complexity index is 688. The SMILES string of the molecule is Cc1ccc(NC(=S)N2CC[NH+](Cc3cccc(C)c3)CC2)cc1. The minimum absolute atomic E-state index is 0.841. The van der Waals surface area contributed by atoms with Crippen molar-refractivity contribution in [2.75, 3.05) is 31.5 Å². The number of rotatable bonds is 3. The predicted molar refractivity (Wildman–Crippen MR) is 105 cm³/mol. The zero-order chi connectivity index (χ0) is 16.9. The summed E-state index contributed by atoms with van der Waals surface area (Å²) in [7, 11) is 0. The lowest BCUT2D eigenvalue weighted by Crippen LogP contribution is -3.13. The van der Waals surface area contributed by atoms with Gasteiger partial charge in [-0.15, -0.1) is 0 Å². The van der Waals surface area contributed by atoms with Gasteiger partial charge in [0.2, 0.25) is 0 Å². The Morgan fingerprint density at radius 3 is 2.42 bits per heavy atom. The number of aryl methyl sites for hydroxylation is 2. The predicted octanol–water partition coefficient (Wildman–Crippen LogP) is 2.40. The van der Waals surface area contributed by atoms with Gasteiger partial charge >= 0.3 is 0 Å². The third-order valence-corrected chi connectivity index (χ3v) is 4.96. The standard InChI is InChI=1S/C20H25N3S/c1-16-6-8-19(9-7-16)21-20(24)23-12-10-22(11-13-23)15-18-5-3-4-17(2)14-18/h3-9,14H,10-13,15H2,1-2H3,(H,21,24)/p+1. The van der Waals surface area contributed by atoms with Gasteiger partial charge in [-0.25, -0.2) is 0 Å². The molecule has 1 aliphatic heterocycles. The number of benzene rings is 2. The molecule has 0 unspecified atom stereocenters. The molecule has 0 spiro atoms. The Morgan fingerprint density at radius 1 is 1.04 bits per heavy atom. The van der Waals surface area contributed by atoms with E-state index < -0.39 is 0 Å². The number of nitrogens with zero attached hydrogens (tertiary/aromatic N) is 1. The molecule has 1 saturated heterocycles. The van der Waals surface area contributed by atoms with Crippen LogP contribution in [0.4, 0.5) is 5.69 Å². The first-order valence-corrected chi connectivity index (χ1v) is 9.03. The summed E-state index contributed by atoms with van der Waals surface area (Å²) in [4.78, 5) is 3.92. The van der Waals surface area contributed by atoms with Gasteiger partial charge in [-0.1, -0.05) is 47.5 Å². The summed E-state index contributed by atoms with van der Waals surface area (Å²) < 4.78 is 0. The van der Waals surface area contributed by atoms with Crippen LogP contribution >= 0.6 is 12.2 Å². The van der Waals surface area contributed by atoms with Crippen LogP contribution in [0.5, 0.6) is 0 Å². The van der Waals surface area contributed by atoms with Crippen molar-refractivity contribution in [1.29, 1.82) is 0 Å². The van der Waals surface area contributed by atoms with E-state index in [2.05, 4.69) is 72.6 Å². The van der Waals surface area contributed by atoms with Crippen molar-refractivity contribution in [3.05, 3.63) is 65.2 Å². The molecule has 2 aromatic carbocycles. The number of quaternary nitrogens is 1. The summed E-state index contributed by atoms with van der Waals surface area (Å²) in [6, 6.07) is 17.2. The van der Waals surface area contributed by atoms with Crippen LogP contribution in [0.3, 0.4) is 0 Å². The average molecular weight is 341 g/mol. The third-order valence-electron chi connectivity index (χ3n) is 4.60. The molecule has 1 heterocycles. The number of piperazine rings is 1. The molecule has 0 aliphatic carbocycles. The Hall–Kier alpha value is -1.91. The summed E-state index contributed by atoms with van der Waals surface area (Å²) in [5.41, 5.74) is 5.10. The fraction of sp³-hybridized carbons (Fsp3) is 0.350. The van der Waals surface area contributed by atoms with Crippen LogP contribution < -0.4 is 10.2 Å². The highest BCUT2D eigenvalue weighted by Crippen LogP contribution is 2.10. The molecule has 0 atom stereocenters. The Kier molecular flexibility index (Phi) is 5.48. The smallest absolute Gasteiger partial charge is 0.173 e. The molecule has 3 rings (SSSR count). The van der Waals surface area contributed by atoms with Gasteiger partial charge in [0.1, 0.15) is 6.54 Å². The van der Waals surface area contributed by atoms with E-state index in [0.29, 0.717) is 0 Å². The van der Waals surface area contributed by atoms with Gasteiger partial charge in [-0.2, -0.15) is 0 Å². The molecule has 126 valence electrons. The highest BCUT2D eigenvalue weighted by molar-refractivity contribution is 7.80. The van der Waals surface area contributed by atoms with E-state index in [1.807, 2.05) is 0 Å². The first kappa shape index (κ1) is 16.9. The highest BCUT2D eigenvalue weighted by atomic mass is 32.1. The maximum atomic E-state index is 5.58. The van der Waals surface area contributed by atoms with Crippen LogP contribution in [-0.2, 0) is 6.54 Å². The van der Waals surface area contributed by atoms with Crippen LogP contribution in [0.25, 0.3) is 0 Å². The van der Waals surface area contributed by atoms with Gasteiger partial charge in [-0.3, -0.25) is 0 Å². The second-order valence-corrected chi connectivity index (χ2v) is 7.09. The van der Waals surface area contributed by atoms with E-state index >= 15 is 0 Å². The normalized spacial score (nSPS) is 15.3.